The van der Waals surface area contributed by atoms with Crippen molar-refractivity contribution in [3.05, 3.63) is 34.4 Å². The molecule has 1 N–H and O–H groups in total. The summed E-state index contributed by atoms with van der Waals surface area (Å²) >= 11 is 0. The largest absolute Gasteiger partial charge is 0.392 e. The van der Waals surface area contributed by atoms with Gasteiger partial charge in [0.2, 0.25) is 0 Å². The minimum atomic E-state index is -0.534. The van der Waals surface area contributed by atoms with Gasteiger partial charge in [-0.1, -0.05) is 31.5 Å². The van der Waals surface area contributed by atoms with Crippen LogP contribution in [0.5, 0.6) is 0 Å². The van der Waals surface area contributed by atoms with E-state index in [1.54, 1.807) is 0 Å². The SMILES string of the molecule is CCc1cc(C)cc(CC)c1C1C(=O)CC(CC2CCOCC2)C1O. The molecule has 1 aliphatic carbocycles. The molecule has 0 radical (unpaired) electrons. The van der Waals surface area contributed by atoms with Gasteiger partial charge in [-0.15, -0.1) is 0 Å². The van der Waals surface area contributed by atoms with Crippen LogP contribution in [0.15, 0.2) is 12.1 Å². The Morgan fingerprint density at radius 3 is 2.28 bits per heavy atom. The van der Waals surface area contributed by atoms with Crippen molar-refractivity contribution in [2.45, 2.75) is 71.3 Å². The monoisotopic (exact) mass is 344 g/mol. The first-order chi connectivity index (χ1) is 12.0. The summed E-state index contributed by atoms with van der Waals surface area (Å²) in [6, 6.07) is 4.39. The number of ketones is 1. The normalized spacial score (nSPS) is 27.8. The number of benzene rings is 1. The zero-order valence-electron chi connectivity index (χ0n) is 15.9. The van der Waals surface area contributed by atoms with E-state index in [9.17, 15) is 9.90 Å². The number of carbonyl (C=O) groups is 1. The minimum Gasteiger partial charge on any atom is -0.392 e. The fraction of sp³-hybridized carbons (Fsp3) is 0.682. The maximum atomic E-state index is 12.9. The lowest BCUT2D eigenvalue weighted by Crippen LogP contribution is -2.26. The molecule has 3 nitrogen and oxygen atoms in total. The molecule has 0 bridgehead atoms. The summed E-state index contributed by atoms with van der Waals surface area (Å²) in [5, 5.41) is 11.1. The molecule has 1 saturated carbocycles. The maximum absolute atomic E-state index is 12.9. The minimum absolute atomic E-state index is 0.108. The number of aryl methyl sites for hydroxylation is 3. The number of aliphatic hydroxyl groups is 1. The van der Waals surface area contributed by atoms with E-state index < -0.39 is 6.10 Å². The molecule has 2 fully saturated rings. The highest BCUT2D eigenvalue weighted by Gasteiger charge is 2.44. The van der Waals surface area contributed by atoms with E-state index in [0.29, 0.717) is 12.3 Å². The Hall–Kier alpha value is -1.19. The topological polar surface area (TPSA) is 46.5 Å². The predicted molar refractivity (Wildman–Crippen MR) is 100.0 cm³/mol. The van der Waals surface area contributed by atoms with Crippen LogP contribution in [-0.2, 0) is 22.4 Å². The Balaban J connectivity index is 1.86. The highest BCUT2D eigenvalue weighted by atomic mass is 16.5. The molecule has 25 heavy (non-hydrogen) atoms. The average Bonchev–Trinajstić information content (AvgIpc) is 2.88. The van der Waals surface area contributed by atoms with Crippen LogP contribution in [0.3, 0.4) is 0 Å². The van der Waals surface area contributed by atoms with Gasteiger partial charge < -0.3 is 9.84 Å². The molecule has 0 aromatic heterocycles. The number of hydrogen-bond donors (Lipinski definition) is 1. The van der Waals surface area contributed by atoms with E-state index >= 15 is 0 Å². The first kappa shape index (κ1) is 18.6. The van der Waals surface area contributed by atoms with E-state index in [1.165, 1.54) is 16.7 Å². The molecule has 1 heterocycles. The molecule has 0 spiro atoms. The third kappa shape index (κ3) is 3.83. The molecule has 0 amide bonds. The van der Waals surface area contributed by atoms with Crippen LogP contribution in [0.4, 0.5) is 0 Å². The second kappa shape index (κ2) is 8.01. The van der Waals surface area contributed by atoms with Crippen molar-refractivity contribution in [1.82, 2.24) is 0 Å². The predicted octanol–water partition coefficient (Wildman–Crippen LogP) is 3.97. The second-order valence-corrected chi connectivity index (χ2v) is 7.89. The van der Waals surface area contributed by atoms with E-state index in [2.05, 4.69) is 32.9 Å². The van der Waals surface area contributed by atoms with Crippen LogP contribution in [0.1, 0.15) is 67.7 Å². The lowest BCUT2D eigenvalue weighted by atomic mass is 9.81. The summed E-state index contributed by atoms with van der Waals surface area (Å²) < 4.78 is 5.44. The standard InChI is InChI=1S/C22H32O3/c1-4-16-10-14(3)11-17(5-2)20(16)21-19(23)13-18(22(21)24)12-15-6-8-25-9-7-15/h10-11,15,18,21-22,24H,4-9,12-13H2,1-3H3. The summed E-state index contributed by atoms with van der Waals surface area (Å²) in [6.45, 7) is 8.04. The number of ether oxygens (including phenoxy) is 1. The number of carbonyl (C=O) groups excluding carboxylic acids is 1. The van der Waals surface area contributed by atoms with Gasteiger partial charge in [0.25, 0.3) is 0 Å². The van der Waals surface area contributed by atoms with Gasteiger partial charge in [-0.05, 0) is 67.6 Å². The van der Waals surface area contributed by atoms with Crippen molar-refractivity contribution in [2.24, 2.45) is 11.8 Å². The summed E-state index contributed by atoms with van der Waals surface area (Å²) in [5.41, 5.74) is 4.85. The molecule has 2 aliphatic rings. The lowest BCUT2D eigenvalue weighted by molar-refractivity contribution is -0.119. The Kier molecular flexibility index (Phi) is 5.96. The molecule has 1 aromatic rings. The second-order valence-electron chi connectivity index (χ2n) is 7.89. The first-order valence-corrected chi connectivity index (χ1v) is 9.95. The van der Waals surface area contributed by atoms with Crippen molar-refractivity contribution in [2.75, 3.05) is 13.2 Å². The lowest BCUT2D eigenvalue weighted by Gasteiger charge is -2.28. The molecule has 3 unspecified atom stereocenters. The molecular weight excluding hydrogens is 312 g/mol. The number of hydrogen-bond acceptors (Lipinski definition) is 3. The van der Waals surface area contributed by atoms with E-state index in [-0.39, 0.29) is 17.6 Å². The number of rotatable bonds is 5. The molecule has 138 valence electrons. The van der Waals surface area contributed by atoms with Gasteiger partial charge in [0.1, 0.15) is 5.78 Å². The maximum Gasteiger partial charge on any atom is 0.143 e. The Labute approximate surface area is 151 Å². The van der Waals surface area contributed by atoms with Gasteiger partial charge in [-0.25, -0.2) is 0 Å². The zero-order chi connectivity index (χ0) is 18.0. The smallest absolute Gasteiger partial charge is 0.143 e. The van der Waals surface area contributed by atoms with Crippen molar-refractivity contribution >= 4 is 5.78 Å². The zero-order valence-corrected chi connectivity index (χ0v) is 15.9. The third-order valence-electron chi connectivity index (χ3n) is 6.18. The van der Waals surface area contributed by atoms with Gasteiger partial charge in [0.05, 0.1) is 12.0 Å². The Bertz CT molecular complexity index is 591. The van der Waals surface area contributed by atoms with Gasteiger partial charge >= 0.3 is 0 Å². The van der Waals surface area contributed by atoms with Crippen LogP contribution < -0.4 is 0 Å². The van der Waals surface area contributed by atoms with Crippen LogP contribution in [0.2, 0.25) is 0 Å². The summed E-state index contributed by atoms with van der Waals surface area (Å²) in [5.74, 6) is 0.610. The third-order valence-corrected chi connectivity index (χ3v) is 6.18. The van der Waals surface area contributed by atoms with Crippen molar-refractivity contribution in [3.8, 4) is 0 Å². The summed E-state index contributed by atoms with van der Waals surface area (Å²) in [7, 11) is 0. The number of aliphatic hydroxyl groups excluding tert-OH is 1. The van der Waals surface area contributed by atoms with Gasteiger partial charge in [0, 0.05) is 19.6 Å². The average molecular weight is 344 g/mol. The molecule has 1 saturated heterocycles. The molecule has 3 atom stereocenters. The molecular formula is C22H32O3. The quantitative estimate of drug-likeness (QED) is 0.879. The van der Waals surface area contributed by atoms with Crippen LogP contribution in [0.25, 0.3) is 0 Å². The number of Topliss-reactive ketones (excluding diaryl/α,β-unsaturated/α-hetero) is 1. The molecule has 1 aliphatic heterocycles. The van der Waals surface area contributed by atoms with Crippen LogP contribution in [0, 0.1) is 18.8 Å². The van der Waals surface area contributed by atoms with Crippen molar-refractivity contribution < 1.29 is 14.6 Å². The Morgan fingerprint density at radius 2 is 1.72 bits per heavy atom. The van der Waals surface area contributed by atoms with Gasteiger partial charge in [0.15, 0.2) is 0 Å². The summed E-state index contributed by atoms with van der Waals surface area (Å²) in [4.78, 5) is 12.9. The van der Waals surface area contributed by atoms with E-state index in [1.807, 2.05) is 0 Å². The first-order valence-electron chi connectivity index (χ1n) is 9.95. The van der Waals surface area contributed by atoms with Gasteiger partial charge in [-0.2, -0.15) is 0 Å². The van der Waals surface area contributed by atoms with Crippen LogP contribution >= 0.6 is 0 Å². The highest BCUT2D eigenvalue weighted by Crippen LogP contribution is 2.43. The molecule has 3 rings (SSSR count). The highest BCUT2D eigenvalue weighted by molar-refractivity contribution is 5.90. The van der Waals surface area contributed by atoms with Gasteiger partial charge in [-0.3, -0.25) is 4.79 Å². The fourth-order valence-corrected chi connectivity index (χ4v) is 4.87. The van der Waals surface area contributed by atoms with E-state index in [0.717, 1.165) is 50.9 Å². The molecule has 3 heteroatoms. The summed E-state index contributed by atoms with van der Waals surface area (Å²) in [6.07, 6.45) is 4.90. The Morgan fingerprint density at radius 1 is 1.12 bits per heavy atom. The van der Waals surface area contributed by atoms with Crippen molar-refractivity contribution in [3.63, 3.8) is 0 Å². The van der Waals surface area contributed by atoms with Crippen molar-refractivity contribution in [1.29, 1.82) is 0 Å². The molecule has 1 aromatic carbocycles. The van der Waals surface area contributed by atoms with E-state index in [4.69, 9.17) is 4.74 Å². The fourth-order valence-electron chi connectivity index (χ4n) is 4.87. The van der Waals surface area contributed by atoms with Crippen LogP contribution in [-0.4, -0.2) is 30.2 Å².